The van der Waals surface area contributed by atoms with Gasteiger partial charge in [-0.3, -0.25) is 9.69 Å². The Morgan fingerprint density at radius 3 is 3.05 bits per heavy atom. The Bertz CT molecular complexity index is 512. The fraction of sp³-hybridized carbons (Fsp3) is 0.562. The number of benzene rings is 1. The van der Waals surface area contributed by atoms with E-state index in [9.17, 15) is 9.18 Å². The molecule has 22 heavy (non-hydrogen) atoms. The molecule has 0 saturated carbocycles. The van der Waals surface area contributed by atoms with Gasteiger partial charge in [0.15, 0.2) is 0 Å². The van der Waals surface area contributed by atoms with Gasteiger partial charge in [0.2, 0.25) is 5.91 Å². The molecule has 1 aliphatic rings. The van der Waals surface area contributed by atoms with Crippen molar-refractivity contribution in [2.24, 2.45) is 5.73 Å². The molecule has 0 aromatic heterocycles. The van der Waals surface area contributed by atoms with E-state index in [1.807, 2.05) is 0 Å². The molecule has 0 spiro atoms. The van der Waals surface area contributed by atoms with Crippen LogP contribution in [0.2, 0.25) is 0 Å². The van der Waals surface area contributed by atoms with E-state index in [0.717, 1.165) is 35.8 Å². The number of nitrogens with two attached hydrogens (primary N) is 1. The Morgan fingerprint density at radius 2 is 2.27 bits per heavy atom. The first-order chi connectivity index (χ1) is 10.6. The normalized spacial score (nSPS) is 19.1. The van der Waals surface area contributed by atoms with Crippen molar-refractivity contribution >= 4 is 21.8 Å². The molecule has 1 fully saturated rings. The van der Waals surface area contributed by atoms with Gasteiger partial charge in [0.05, 0.1) is 0 Å². The number of nitrogens with one attached hydrogen (secondary N) is 1. The lowest BCUT2D eigenvalue weighted by Crippen LogP contribution is -2.46. The van der Waals surface area contributed by atoms with Gasteiger partial charge < -0.3 is 11.1 Å². The standard InChI is InChI=1S/C16H23BrFN3O/c17-15-5-4-13(18)9-12(15)11-21-8-2-1-3-14(21)10-20-16(22)6-7-19/h4-5,9,14H,1-3,6-8,10-11,19H2,(H,20,22). The second kappa shape index (κ2) is 8.60. The van der Waals surface area contributed by atoms with Crippen LogP contribution in [0.15, 0.2) is 22.7 Å². The van der Waals surface area contributed by atoms with Crippen molar-refractivity contribution in [3.63, 3.8) is 0 Å². The van der Waals surface area contributed by atoms with Crippen LogP contribution in [0, 0.1) is 5.82 Å². The third-order valence-corrected chi connectivity index (χ3v) is 4.81. The monoisotopic (exact) mass is 371 g/mol. The highest BCUT2D eigenvalue weighted by Crippen LogP contribution is 2.24. The van der Waals surface area contributed by atoms with Crippen molar-refractivity contribution in [1.82, 2.24) is 10.2 Å². The van der Waals surface area contributed by atoms with Gasteiger partial charge >= 0.3 is 0 Å². The molecule has 3 N–H and O–H groups in total. The summed E-state index contributed by atoms with van der Waals surface area (Å²) in [7, 11) is 0. The summed E-state index contributed by atoms with van der Waals surface area (Å²) in [6, 6.07) is 5.06. The molecule has 0 aliphatic carbocycles. The zero-order valence-corrected chi connectivity index (χ0v) is 14.2. The Kier molecular flexibility index (Phi) is 6.79. The SMILES string of the molecule is NCCC(=O)NCC1CCCCN1Cc1cc(F)ccc1Br. The predicted molar refractivity (Wildman–Crippen MR) is 88.8 cm³/mol. The molecule has 6 heteroatoms. The van der Waals surface area contributed by atoms with E-state index in [1.165, 1.54) is 6.07 Å². The average molecular weight is 372 g/mol. The van der Waals surface area contributed by atoms with E-state index in [4.69, 9.17) is 5.73 Å². The number of hydrogen-bond donors (Lipinski definition) is 2. The summed E-state index contributed by atoms with van der Waals surface area (Å²) < 4.78 is 14.4. The Balaban J connectivity index is 1.97. The quantitative estimate of drug-likeness (QED) is 0.806. The van der Waals surface area contributed by atoms with Crippen LogP contribution in [0.5, 0.6) is 0 Å². The number of rotatable bonds is 6. The topological polar surface area (TPSA) is 58.4 Å². The van der Waals surface area contributed by atoms with E-state index in [-0.39, 0.29) is 11.7 Å². The first kappa shape index (κ1) is 17.4. The van der Waals surface area contributed by atoms with Gasteiger partial charge in [0, 0.05) is 36.6 Å². The van der Waals surface area contributed by atoms with Crippen molar-refractivity contribution < 1.29 is 9.18 Å². The summed E-state index contributed by atoms with van der Waals surface area (Å²) in [5.41, 5.74) is 6.33. The van der Waals surface area contributed by atoms with Crippen LogP contribution in [-0.2, 0) is 11.3 Å². The van der Waals surface area contributed by atoms with E-state index in [1.54, 1.807) is 12.1 Å². The largest absolute Gasteiger partial charge is 0.354 e. The zero-order valence-electron chi connectivity index (χ0n) is 12.7. The lowest BCUT2D eigenvalue weighted by Gasteiger charge is -2.36. The van der Waals surface area contributed by atoms with Crippen LogP contribution in [0.4, 0.5) is 4.39 Å². The summed E-state index contributed by atoms with van der Waals surface area (Å²) in [4.78, 5) is 13.9. The van der Waals surface area contributed by atoms with Gasteiger partial charge in [-0.05, 0) is 43.1 Å². The maximum absolute atomic E-state index is 13.4. The number of piperidine rings is 1. The molecule has 1 aliphatic heterocycles. The fourth-order valence-electron chi connectivity index (χ4n) is 2.83. The third kappa shape index (κ3) is 5.04. The molecule has 1 heterocycles. The molecule has 2 rings (SSSR count). The van der Waals surface area contributed by atoms with Gasteiger partial charge in [0.1, 0.15) is 5.82 Å². The number of carbonyl (C=O) groups is 1. The Labute approximate surface area is 139 Å². The summed E-state index contributed by atoms with van der Waals surface area (Å²) >= 11 is 3.48. The van der Waals surface area contributed by atoms with Gasteiger partial charge in [-0.25, -0.2) is 4.39 Å². The predicted octanol–water partition coefficient (Wildman–Crippen LogP) is 2.41. The van der Waals surface area contributed by atoms with Crippen LogP contribution in [-0.4, -0.2) is 36.5 Å². The van der Waals surface area contributed by atoms with Gasteiger partial charge in [-0.2, -0.15) is 0 Å². The fourth-order valence-corrected chi connectivity index (χ4v) is 3.21. The number of hydrogen-bond acceptors (Lipinski definition) is 3. The van der Waals surface area contributed by atoms with Crippen LogP contribution >= 0.6 is 15.9 Å². The number of amides is 1. The molecule has 1 aromatic rings. The van der Waals surface area contributed by atoms with Crippen molar-refractivity contribution in [2.45, 2.75) is 38.3 Å². The van der Waals surface area contributed by atoms with Crippen LogP contribution in [0.1, 0.15) is 31.2 Å². The molecule has 1 amide bonds. The van der Waals surface area contributed by atoms with Crippen LogP contribution in [0.25, 0.3) is 0 Å². The number of halogens is 2. The van der Waals surface area contributed by atoms with Crippen molar-refractivity contribution in [3.05, 3.63) is 34.1 Å². The van der Waals surface area contributed by atoms with Gasteiger partial charge in [0.25, 0.3) is 0 Å². The summed E-state index contributed by atoms with van der Waals surface area (Å²) in [6.07, 6.45) is 3.72. The van der Waals surface area contributed by atoms with Crippen molar-refractivity contribution in [1.29, 1.82) is 0 Å². The van der Waals surface area contributed by atoms with Gasteiger partial charge in [-0.1, -0.05) is 22.4 Å². The maximum Gasteiger partial charge on any atom is 0.221 e. The second-order valence-corrected chi connectivity index (χ2v) is 6.55. The first-order valence-corrected chi connectivity index (χ1v) is 8.54. The molecular weight excluding hydrogens is 349 g/mol. The molecule has 1 atom stereocenters. The molecule has 1 saturated heterocycles. The van der Waals surface area contributed by atoms with Crippen LogP contribution < -0.4 is 11.1 Å². The molecular formula is C16H23BrFN3O. The number of carbonyl (C=O) groups excluding carboxylic acids is 1. The number of likely N-dealkylation sites (tertiary alicyclic amines) is 1. The maximum atomic E-state index is 13.4. The highest BCUT2D eigenvalue weighted by atomic mass is 79.9. The summed E-state index contributed by atoms with van der Waals surface area (Å²) in [5.74, 6) is -0.219. The van der Waals surface area contributed by atoms with E-state index in [2.05, 4.69) is 26.1 Å². The highest BCUT2D eigenvalue weighted by Gasteiger charge is 2.23. The van der Waals surface area contributed by atoms with Crippen molar-refractivity contribution in [2.75, 3.05) is 19.6 Å². The smallest absolute Gasteiger partial charge is 0.221 e. The lowest BCUT2D eigenvalue weighted by atomic mass is 10.0. The Morgan fingerprint density at radius 1 is 1.45 bits per heavy atom. The second-order valence-electron chi connectivity index (χ2n) is 5.70. The first-order valence-electron chi connectivity index (χ1n) is 7.75. The molecule has 4 nitrogen and oxygen atoms in total. The molecule has 0 bridgehead atoms. The minimum Gasteiger partial charge on any atom is -0.354 e. The summed E-state index contributed by atoms with van der Waals surface area (Å²) in [6.45, 7) is 2.67. The van der Waals surface area contributed by atoms with E-state index in [0.29, 0.717) is 32.1 Å². The minimum absolute atomic E-state index is 0.0000374. The Hall–Kier alpha value is -0.980. The van der Waals surface area contributed by atoms with E-state index < -0.39 is 0 Å². The minimum atomic E-state index is -0.219. The summed E-state index contributed by atoms with van der Waals surface area (Å²) in [5, 5.41) is 2.95. The molecule has 0 radical (unpaired) electrons. The van der Waals surface area contributed by atoms with Gasteiger partial charge in [-0.15, -0.1) is 0 Å². The van der Waals surface area contributed by atoms with E-state index >= 15 is 0 Å². The van der Waals surface area contributed by atoms with Crippen molar-refractivity contribution in [3.8, 4) is 0 Å². The molecule has 1 aromatic carbocycles. The lowest BCUT2D eigenvalue weighted by molar-refractivity contribution is -0.121. The number of nitrogens with zero attached hydrogens (tertiary/aromatic N) is 1. The zero-order chi connectivity index (χ0) is 15.9. The third-order valence-electron chi connectivity index (χ3n) is 4.04. The highest BCUT2D eigenvalue weighted by molar-refractivity contribution is 9.10. The average Bonchev–Trinajstić information content (AvgIpc) is 2.50. The molecule has 122 valence electrons. The molecule has 1 unspecified atom stereocenters. The van der Waals surface area contributed by atoms with Crippen LogP contribution in [0.3, 0.4) is 0 Å².